The van der Waals surface area contributed by atoms with Gasteiger partial charge >= 0.3 is 5.97 Å². The van der Waals surface area contributed by atoms with Gasteiger partial charge in [-0.3, -0.25) is 4.79 Å². The fourth-order valence-electron chi connectivity index (χ4n) is 1.78. The van der Waals surface area contributed by atoms with Crippen LogP contribution in [0.4, 0.5) is 5.69 Å². The molecule has 0 radical (unpaired) electrons. The molecule has 0 aromatic heterocycles. The Morgan fingerprint density at radius 2 is 2.00 bits per heavy atom. The second kappa shape index (κ2) is 7.71. The third-order valence-electron chi connectivity index (χ3n) is 2.93. The first-order valence-electron chi connectivity index (χ1n) is 6.43. The van der Waals surface area contributed by atoms with Gasteiger partial charge in [0.2, 0.25) is 0 Å². The van der Waals surface area contributed by atoms with Crippen LogP contribution < -0.4 is 10.6 Å². The summed E-state index contributed by atoms with van der Waals surface area (Å²) in [6.45, 7) is 3.76. The lowest BCUT2D eigenvalue weighted by Crippen LogP contribution is -2.36. The molecular formula is C14H22N2O2. The first-order chi connectivity index (χ1) is 8.65. The van der Waals surface area contributed by atoms with E-state index in [0.717, 1.165) is 25.1 Å². The van der Waals surface area contributed by atoms with Gasteiger partial charge in [-0.1, -0.05) is 31.5 Å². The van der Waals surface area contributed by atoms with E-state index < -0.39 is 12.0 Å². The van der Waals surface area contributed by atoms with Gasteiger partial charge in [0.25, 0.3) is 0 Å². The average molecular weight is 250 g/mol. The van der Waals surface area contributed by atoms with Gasteiger partial charge in [0.15, 0.2) is 0 Å². The molecule has 1 aromatic rings. The molecule has 0 aliphatic rings. The number of carboxylic acid groups (broad SMARTS) is 1. The van der Waals surface area contributed by atoms with Crippen molar-refractivity contribution in [2.45, 2.75) is 32.2 Å². The predicted molar refractivity (Wildman–Crippen MR) is 73.8 cm³/mol. The van der Waals surface area contributed by atoms with Crippen LogP contribution in [0, 0.1) is 0 Å². The summed E-state index contributed by atoms with van der Waals surface area (Å²) < 4.78 is 0. The zero-order chi connectivity index (χ0) is 13.4. The molecule has 1 atom stereocenters. The van der Waals surface area contributed by atoms with Gasteiger partial charge in [0.05, 0.1) is 0 Å². The molecular weight excluding hydrogens is 228 g/mol. The molecule has 18 heavy (non-hydrogen) atoms. The minimum Gasteiger partial charge on any atom is -0.480 e. The Morgan fingerprint density at radius 3 is 2.56 bits per heavy atom. The predicted octanol–water partition coefficient (Wildman–Crippen LogP) is 2.10. The Bertz CT molecular complexity index is 354. The van der Waals surface area contributed by atoms with Crippen molar-refractivity contribution >= 4 is 11.7 Å². The fraction of sp³-hybridized carbons (Fsp3) is 0.500. The quantitative estimate of drug-likeness (QED) is 0.741. The highest BCUT2D eigenvalue weighted by Crippen LogP contribution is 2.14. The number of nitrogens with two attached hydrogens (primary N) is 1. The molecule has 0 fully saturated rings. The molecule has 4 heteroatoms. The SMILES string of the molecule is CCCCN(CCC(N)C(=O)O)c1ccccc1. The Balaban J connectivity index is 2.59. The summed E-state index contributed by atoms with van der Waals surface area (Å²) in [4.78, 5) is 12.9. The Kier molecular flexibility index (Phi) is 6.22. The molecule has 100 valence electrons. The third-order valence-corrected chi connectivity index (χ3v) is 2.93. The van der Waals surface area contributed by atoms with E-state index in [-0.39, 0.29) is 0 Å². The highest BCUT2D eigenvalue weighted by Gasteiger charge is 2.13. The Hall–Kier alpha value is -1.55. The summed E-state index contributed by atoms with van der Waals surface area (Å²) in [5, 5.41) is 8.80. The van der Waals surface area contributed by atoms with E-state index in [2.05, 4.69) is 11.8 Å². The summed E-state index contributed by atoms with van der Waals surface area (Å²) in [6.07, 6.45) is 2.68. The van der Waals surface area contributed by atoms with Crippen LogP contribution in [0.15, 0.2) is 30.3 Å². The second-order valence-corrected chi connectivity index (χ2v) is 4.41. The molecule has 3 N–H and O–H groups in total. The van der Waals surface area contributed by atoms with Crippen LogP contribution in [-0.2, 0) is 4.79 Å². The Labute approximate surface area is 108 Å². The van der Waals surface area contributed by atoms with Gasteiger partial charge in [-0.25, -0.2) is 0 Å². The van der Waals surface area contributed by atoms with Crippen molar-refractivity contribution in [2.24, 2.45) is 5.73 Å². The van der Waals surface area contributed by atoms with Crippen molar-refractivity contribution < 1.29 is 9.90 Å². The molecule has 0 aliphatic carbocycles. The van der Waals surface area contributed by atoms with E-state index in [1.807, 2.05) is 30.3 Å². The number of anilines is 1. The van der Waals surface area contributed by atoms with Crippen LogP contribution in [0.2, 0.25) is 0 Å². The van der Waals surface area contributed by atoms with Gasteiger partial charge in [0.1, 0.15) is 6.04 Å². The van der Waals surface area contributed by atoms with Crippen LogP contribution in [0.3, 0.4) is 0 Å². The van der Waals surface area contributed by atoms with Crippen molar-refractivity contribution in [3.8, 4) is 0 Å². The van der Waals surface area contributed by atoms with Gasteiger partial charge in [-0.15, -0.1) is 0 Å². The van der Waals surface area contributed by atoms with Gasteiger partial charge in [-0.2, -0.15) is 0 Å². The summed E-state index contributed by atoms with van der Waals surface area (Å²) in [5.41, 5.74) is 6.67. The molecule has 0 amide bonds. The topological polar surface area (TPSA) is 66.6 Å². The molecule has 1 unspecified atom stereocenters. The van der Waals surface area contributed by atoms with E-state index in [1.54, 1.807) is 0 Å². The second-order valence-electron chi connectivity index (χ2n) is 4.41. The molecule has 0 bridgehead atoms. The molecule has 0 spiro atoms. The number of rotatable bonds is 8. The number of carboxylic acids is 1. The monoisotopic (exact) mass is 250 g/mol. The zero-order valence-electron chi connectivity index (χ0n) is 10.9. The molecule has 0 saturated heterocycles. The van der Waals surface area contributed by atoms with E-state index >= 15 is 0 Å². The van der Waals surface area contributed by atoms with Crippen molar-refractivity contribution in [3.05, 3.63) is 30.3 Å². The first kappa shape index (κ1) is 14.5. The molecule has 4 nitrogen and oxygen atoms in total. The molecule has 1 rings (SSSR count). The molecule has 0 saturated carbocycles. The largest absolute Gasteiger partial charge is 0.480 e. The number of carbonyl (C=O) groups is 1. The standard InChI is InChI=1S/C14H22N2O2/c1-2-3-10-16(11-9-13(15)14(17)18)12-7-5-4-6-8-12/h4-8,13H,2-3,9-11,15H2,1H3,(H,17,18). The maximum absolute atomic E-state index is 10.7. The summed E-state index contributed by atoms with van der Waals surface area (Å²) in [5.74, 6) is -0.932. The van der Waals surface area contributed by atoms with E-state index in [4.69, 9.17) is 10.8 Å². The minimum atomic E-state index is -0.932. The maximum Gasteiger partial charge on any atom is 0.320 e. The van der Waals surface area contributed by atoms with Crippen LogP contribution in [-0.4, -0.2) is 30.2 Å². The van der Waals surface area contributed by atoms with Gasteiger partial charge in [0, 0.05) is 18.8 Å². The molecule has 0 heterocycles. The Morgan fingerprint density at radius 1 is 1.33 bits per heavy atom. The molecule has 0 aliphatic heterocycles. The van der Waals surface area contributed by atoms with Crippen molar-refractivity contribution in [1.29, 1.82) is 0 Å². The van der Waals surface area contributed by atoms with Gasteiger partial charge < -0.3 is 15.7 Å². The summed E-state index contributed by atoms with van der Waals surface area (Å²) in [6, 6.07) is 9.27. The minimum absolute atomic E-state index is 0.466. The average Bonchev–Trinajstić information content (AvgIpc) is 2.39. The number of benzene rings is 1. The zero-order valence-corrected chi connectivity index (χ0v) is 10.9. The lowest BCUT2D eigenvalue weighted by molar-refractivity contribution is -0.138. The number of aliphatic carboxylic acids is 1. The van der Waals surface area contributed by atoms with E-state index in [1.165, 1.54) is 0 Å². The number of hydrogen-bond acceptors (Lipinski definition) is 3. The van der Waals surface area contributed by atoms with Crippen LogP contribution in [0.5, 0.6) is 0 Å². The number of hydrogen-bond donors (Lipinski definition) is 2. The van der Waals surface area contributed by atoms with Crippen molar-refractivity contribution in [3.63, 3.8) is 0 Å². The first-order valence-corrected chi connectivity index (χ1v) is 6.43. The lowest BCUT2D eigenvalue weighted by atomic mass is 10.2. The fourth-order valence-corrected chi connectivity index (χ4v) is 1.78. The normalized spacial score (nSPS) is 12.1. The van der Waals surface area contributed by atoms with Crippen LogP contribution >= 0.6 is 0 Å². The highest BCUT2D eigenvalue weighted by molar-refractivity contribution is 5.73. The van der Waals surface area contributed by atoms with E-state index in [0.29, 0.717) is 13.0 Å². The van der Waals surface area contributed by atoms with Crippen molar-refractivity contribution in [1.82, 2.24) is 0 Å². The number of unbranched alkanes of at least 4 members (excludes halogenated alkanes) is 1. The third kappa shape index (κ3) is 4.75. The van der Waals surface area contributed by atoms with Gasteiger partial charge in [-0.05, 0) is 25.0 Å². The maximum atomic E-state index is 10.7. The highest BCUT2D eigenvalue weighted by atomic mass is 16.4. The number of para-hydroxylation sites is 1. The molecule has 1 aromatic carbocycles. The summed E-state index contributed by atoms with van der Waals surface area (Å²) in [7, 11) is 0. The van der Waals surface area contributed by atoms with Crippen LogP contribution in [0.1, 0.15) is 26.2 Å². The summed E-state index contributed by atoms with van der Waals surface area (Å²) >= 11 is 0. The van der Waals surface area contributed by atoms with E-state index in [9.17, 15) is 4.79 Å². The van der Waals surface area contributed by atoms with Crippen molar-refractivity contribution in [2.75, 3.05) is 18.0 Å². The van der Waals surface area contributed by atoms with Crippen LogP contribution in [0.25, 0.3) is 0 Å². The number of nitrogens with zero attached hydrogens (tertiary/aromatic N) is 1. The smallest absolute Gasteiger partial charge is 0.320 e. The lowest BCUT2D eigenvalue weighted by Gasteiger charge is -2.25.